The molecule has 0 bridgehead atoms. The van der Waals surface area contributed by atoms with Crippen molar-refractivity contribution in [1.82, 2.24) is 29.4 Å². The number of hydrogen-bond acceptors (Lipinski definition) is 6. The van der Waals surface area contributed by atoms with E-state index in [-0.39, 0.29) is 11.6 Å². The fourth-order valence-electron chi connectivity index (χ4n) is 5.51. The second-order valence-electron chi connectivity index (χ2n) is 9.45. The summed E-state index contributed by atoms with van der Waals surface area (Å²) >= 11 is 6.89. The molecule has 0 saturated carbocycles. The molecule has 0 amide bonds. The highest BCUT2D eigenvalue weighted by Gasteiger charge is 2.38. The fraction of sp³-hybridized carbons (Fsp3) is 0.435. The molecule has 32 heavy (non-hydrogen) atoms. The van der Waals surface area contributed by atoms with Crippen LogP contribution in [0.4, 0.5) is 5.82 Å². The van der Waals surface area contributed by atoms with E-state index >= 15 is 0 Å². The molecule has 2 aliphatic heterocycles. The number of nitrogen functional groups attached to an aromatic ring is 1. The maximum atomic E-state index is 6.89. The average molecular weight is 452 g/mol. The Bertz CT molecular complexity index is 1340. The van der Waals surface area contributed by atoms with E-state index in [4.69, 9.17) is 22.1 Å². The average Bonchev–Trinajstić information content (AvgIpc) is 3.45. The van der Waals surface area contributed by atoms with Gasteiger partial charge in [-0.2, -0.15) is 0 Å². The van der Waals surface area contributed by atoms with Gasteiger partial charge in [0, 0.05) is 49.1 Å². The van der Waals surface area contributed by atoms with E-state index in [0.717, 1.165) is 78.1 Å². The van der Waals surface area contributed by atoms with Crippen LogP contribution in [-0.2, 0) is 16.8 Å². The van der Waals surface area contributed by atoms with E-state index in [1.54, 1.807) is 6.20 Å². The molecule has 3 N–H and O–H groups in total. The van der Waals surface area contributed by atoms with Gasteiger partial charge < -0.3 is 20.0 Å². The van der Waals surface area contributed by atoms with Crippen molar-refractivity contribution in [1.29, 1.82) is 0 Å². The van der Waals surface area contributed by atoms with Gasteiger partial charge in [-0.25, -0.2) is 15.0 Å². The quantitative estimate of drug-likeness (QED) is 0.489. The zero-order chi connectivity index (χ0) is 22.0. The molecule has 1 atom stereocenters. The van der Waals surface area contributed by atoms with Gasteiger partial charge in [-0.15, -0.1) is 0 Å². The zero-order valence-corrected chi connectivity index (χ0v) is 19.0. The highest BCUT2D eigenvalue weighted by atomic mass is 35.5. The Morgan fingerprint density at radius 1 is 1.31 bits per heavy atom. The number of fused-ring (bicyclic) bond motifs is 4. The third kappa shape index (κ3) is 2.93. The molecule has 6 rings (SSSR count). The molecule has 2 aliphatic rings. The molecule has 1 saturated heterocycles. The number of nitrogens with one attached hydrogen (secondary N) is 1. The number of aromatic nitrogens is 5. The topological polar surface area (TPSA) is 97.9 Å². The Morgan fingerprint density at radius 3 is 2.97 bits per heavy atom. The monoisotopic (exact) mass is 451 g/mol. The van der Waals surface area contributed by atoms with Gasteiger partial charge in [0.1, 0.15) is 23.4 Å². The van der Waals surface area contributed by atoms with Crippen molar-refractivity contribution in [2.24, 2.45) is 0 Å². The molecule has 0 radical (unpaired) electrons. The number of H-pyrrole nitrogens is 1. The first kappa shape index (κ1) is 20.0. The molecule has 0 aliphatic carbocycles. The Balaban J connectivity index is 1.60. The maximum Gasteiger partial charge on any atom is 0.146 e. The number of rotatable bonds is 3. The first-order valence-electron chi connectivity index (χ1n) is 11.0. The smallest absolute Gasteiger partial charge is 0.146 e. The molecule has 0 aromatic carbocycles. The van der Waals surface area contributed by atoms with E-state index < -0.39 is 0 Å². The molecule has 4 aromatic heterocycles. The zero-order valence-electron chi connectivity index (χ0n) is 18.2. The van der Waals surface area contributed by atoms with Crippen LogP contribution in [0.3, 0.4) is 0 Å². The molecule has 9 heteroatoms. The minimum Gasteiger partial charge on any atom is -0.383 e. The summed E-state index contributed by atoms with van der Waals surface area (Å²) in [4.78, 5) is 19.4. The van der Waals surface area contributed by atoms with Gasteiger partial charge in [0.25, 0.3) is 0 Å². The van der Waals surface area contributed by atoms with Crippen LogP contribution in [0.1, 0.15) is 32.4 Å². The normalized spacial score (nSPS) is 20.9. The van der Waals surface area contributed by atoms with E-state index in [0.29, 0.717) is 10.8 Å². The van der Waals surface area contributed by atoms with Crippen LogP contribution >= 0.6 is 11.6 Å². The molecule has 1 fully saturated rings. The number of halogens is 1. The van der Waals surface area contributed by atoms with Gasteiger partial charge in [0.05, 0.1) is 27.7 Å². The second kappa shape index (κ2) is 7.16. The van der Waals surface area contributed by atoms with Gasteiger partial charge in [-0.1, -0.05) is 11.6 Å². The van der Waals surface area contributed by atoms with Crippen molar-refractivity contribution in [3.8, 4) is 11.3 Å². The SMILES string of the molecule is CC1(C)CN(C[C@@H]2CCCO2)Cc2c(-c3[nH]c4ncccc4c3Cl)c3c(N)ncnc3n21. The summed E-state index contributed by atoms with van der Waals surface area (Å²) in [5, 5.41) is 2.36. The Labute approximate surface area is 190 Å². The van der Waals surface area contributed by atoms with E-state index in [2.05, 4.69) is 43.3 Å². The number of aromatic amines is 1. The Morgan fingerprint density at radius 2 is 2.19 bits per heavy atom. The van der Waals surface area contributed by atoms with E-state index in [1.165, 1.54) is 6.33 Å². The summed E-state index contributed by atoms with van der Waals surface area (Å²) in [6.07, 6.45) is 5.84. The van der Waals surface area contributed by atoms with Crippen molar-refractivity contribution >= 4 is 39.5 Å². The standard InChI is InChI=1S/C23H26ClN7O/c1-23(2)11-30(9-13-5-4-8-32-13)10-15-16(17-20(25)27-12-28-22(17)31(15)23)19-18(24)14-6-3-7-26-21(14)29-19/h3,6-7,12-13H,4-5,8-11H2,1-2H3,(H,26,29)(H2,25,27,28)/t13-/m0/s1. The van der Waals surface area contributed by atoms with Crippen molar-refractivity contribution < 1.29 is 4.74 Å². The lowest BCUT2D eigenvalue weighted by Crippen LogP contribution is -2.48. The molecule has 0 spiro atoms. The maximum absolute atomic E-state index is 6.89. The first-order chi connectivity index (χ1) is 15.4. The van der Waals surface area contributed by atoms with Crippen LogP contribution in [-0.4, -0.2) is 55.2 Å². The van der Waals surface area contributed by atoms with Gasteiger partial charge in [0.2, 0.25) is 0 Å². The summed E-state index contributed by atoms with van der Waals surface area (Å²) in [5.74, 6) is 0.455. The number of pyridine rings is 1. The number of nitrogens with two attached hydrogens (primary N) is 1. The van der Waals surface area contributed by atoms with Crippen molar-refractivity contribution in [3.05, 3.63) is 35.4 Å². The molecule has 8 nitrogen and oxygen atoms in total. The molecular formula is C23H26ClN7O. The second-order valence-corrected chi connectivity index (χ2v) is 9.82. The highest BCUT2D eigenvalue weighted by Crippen LogP contribution is 2.45. The van der Waals surface area contributed by atoms with Gasteiger partial charge in [-0.05, 0) is 38.8 Å². The van der Waals surface area contributed by atoms with E-state index in [9.17, 15) is 0 Å². The predicted octanol–water partition coefficient (Wildman–Crippen LogP) is 3.94. The summed E-state index contributed by atoms with van der Waals surface area (Å²) in [6, 6.07) is 3.87. The number of anilines is 1. The molecule has 6 heterocycles. The van der Waals surface area contributed by atoms with Gasteiger partial charge >= 0.3 is 0 Å². The Kier molecular flexibility index (Phi) is 4.47. The Hall–Kier alpha value is -2.68. The largest absolute Gasteiger partial charge is 0.383 e. The van der Waals surface area contributed by atoms with Crippen LogP contribution in [0, 0.1) is 0 Å². The van der Waals surface area contributed by atoms with Gasteiger partial charge in [-0.3, -0.25) is 4.90 Å². The lowest BCUT2D eigenvalue weighted by molar-refractivity contribution is 0.0461. The van der Waals surface area contributed by atoms with E-state index in [1.807, 2.05) is 12.1 Å². The fourth-order valence-corrected chi connectivity index (χ4v) is 5.80. The minimum atomic E-state index is -0.194. The lowest BCUT2D eigenvalue weighted by atomic mass is 9.98. The van der Waals surface area contributed by atoms with Crippen molar-refractivity contribution in [2.45, 2.75) is 44.9 Å². The minimum absolute atomic E-state index is 0.194. The number of hydrogen-bond donors (Lipinski definition) is 2. The van der Waals surface area contributed by atoms with Crippen LogP contribution in [0.2, 0.25) is 5.02 Å². The lowest BCUT2D eigenvalue weighted by Gasteiger charge is -2.41. The molecular weight excluding hydrogens is 426 g/mol. The summed E-state index contributed by atoms with van der Waals surface area (Å²) in [5.41, 5.74) is 10.7. The van der Waals surface area contributed by atoms with Gasteiger partial charge in [0.15, 0.2) is 0 Å². The summed E-state index contributed by atoms with van der Waals surface area (Å²) in [6.45, 7) is 7.91. The van der Waals surface area contributed by atoms with Crippen LogP contribution in [0.25, 0.3) is 33.3 Å². The predicted molar refractivity (Wildman–Crippen MR) is 126 cm³/mol. The highest BCUT2D eigenvalue weighted by molar-refractivity contribution is 6.38. The third-order valence-electron chi connectivity index (χ3n) is 6.71. The third-order valence-corrected chi connectivity index (χ3v) is 7.10. The van der Waals surface area contributed by atoms with Crippen molar-refractivity contribution in [3.63, 3.8) is 0 Å². The summed E-state index contributed by atoms with van der Waals surface area (Å²) < 4.78 is 8.25. The molecule has 0 unspecified atom stereocenters. The van der Waals surface area contributed by atoms with Crippen LogP contribution in [0.15, 0.2) is 24.7 Å². The first-order valence-corrected chi connectivity index (χ1v) is 11.4. The van der Waals surface area contributed by atoms with Crippen LogP contribution < -0.4 is 5.73 Å². The van der Waals surface area contributed by atoms with Crippen molar-refractivity contribution in [2.75, 3.05) is 25.4 Å². The number of ether oxygens (including phenoxy) is 1. The molecule has 166 valence electrons. The molecule has 4 aromatic rings. The summed E-state index contributed by atoms with van der Waals surface area (Å²) in [7, 11) is 0. The number of nitrogens with zero attached hydrogens (tertiary/aromatic N) is 5. The van der Waals surface area contributed by atoms with Crippen LogP contribution in [0.5, 0.6) is 0 Å².